The van der Waals surface area contributed by atoms with Crippen molar-refractivity contribution in [2.24, 2.45) is 0 Å². The molecular formula is C6H11NO4. The monoisotopic (exact) mass is 161 g/mol. The van der Waals surface area contributed by atoms with Gasteiger partial charge in [0.25, 0.3) is 0 Å². The Morgan fingerprint density at radius 3 is 2.73 bits per heavy atom. The summed E-state index contributed by atoms with van der Waals surface area (Å²) in [5.74, 6) is -0.442. The molecule has 64 valence electrons. The number of ketones is 1. The Hall–Kier alpha value is -0.490. The highest BCUT2D eigenvalue weighted by Gasteiger charge is 2.35. The molecule has 1 aliphatic rings. The summed E-state index contributed by atoms with van der Waals surface area (Å²) in [4.78, 5) is 10.7. The smallest absolute Gasteiger partial charge is 0.177 e. The lowest BCUT2D eigenvalue weighted by molar-refractivity contribution is -0.138. The lowest BCUT2D eigenvalue weighted by Gasteiger charge is -2.30. The van der Waals surface area contributed by atoms with E-state index in [1.165, 1.54) is 0 Å². The number of hydrogen-bond acceptors (Lipinski definition) is 5. The summed E-state index contributed by atoms with van der Waals surface area (Å²) in [7, 11) is 0. The Balaban J connectivity index is 2.59. The summed E-state index contributed by atoms with van der Waals surface area (Å²) in [5, 5.41) is 29.3. The molecule has 0 aromatic rings. The second-order valence-electron chi connectivity index (χ2n) is 2.57. The molecule has 1 heterocycles. The third-order valence-corrected chi connectivity index (χ3v) is 1.80. The number of nitrogens with one attached hydrogen (secondary N) is 1. The van der Waals surface area contributed by atoms with Crippen LogP contribution in [0.15, 0.2) is 0 Å². The van der Waals surface area contributed by atoms with E-state index in [0.29, 0.717) is 0 Å². The van der Waals surface area contributed by atoms with Gasteiger partial charge in [-0.25, -0.2) is 0 Å². The van der Waals surface area contributed by atoms with Gasteiger partial charge in [-0.3, -0.25) is 4.79 Å². The minimum Gasteiger partial charge on any atom is -0.395 e. The molecule has 4 N–H and O–H groups in total. The van der Waals surface area contributed by atoms with Crippen molar-refractivity contribution in [1.82, 2.24) is 5.32 Å². The van der Waals surface area contributed by atoms with Gasteiger partial charge in [-0.1, -0.05) is 0 Å². The first-order valence-corrected chi connectivity index (χ1v) is 3.40. The molecule has 1 aliphatic heterocycles. The molecule has 0 radical (unpaired) electrons. The average Bonchev–Trinajstić information content (AvgIpc) is 2.01. The molecule has 1 unspecified atom stereocenters. The number of piperidine rings is 1. The lowest BCUT2D eigenvalue weighted by atomic mass is 9.98. The Labute approximate surface area is 63.7 Å². The molecule has 0 spiro atoms. The third-order valence-electron chi connectivity index (χ3n) is 1.80. The van der Waals surface area contributed by atoms with Crippen LogP contribution >= 0.6 is 0 Å². The van der Waals surface area contributed by atoms with E-state index >= 15 is 0 Å². The fourth-order valence-electron chi connectivity index (χ4n) is 1.04. The molecule has 0 bridgehead atoms. The van der Waals surface area contributed by atoms with Gasteiger partial charge in [0.15, 0.2) is 5.78 Å². The van der Waals surface area contributed by atoms with Gasteiger partial charge in [-0.05, 0) is 0 Å². The van der Waals surface area contributed by atoms with Gasteiger partial charge in [0.2, 0.25) is 0 Å². The standard InChI is InChI=1S/C6H11NO4/c8-2-3-5(10)6(11)4(9)1-7-3/h3,5-8,10-11H,1-2H2/t3?,5-,6-/m0/s1. The van der Waals surface area contributed by atoms with Crippen LogP contribution in [0, 0.1) is 0 Å². The van der Waals surface area contributed by atoms with E-state index in [-0.39, 0.29) is 13.2 Å². The summed E-state index contributed by atoms with van der Waals surface area (Å²) in [6.45, 7) is -0.283. The zero-order chi connectivity index (χ0) is 8.43. The molecule has 0 amide bonds. The maximum atomic E-state index is 10.7. The van der Waals surface area contributed by atoms with Crippen LogP contribution in [0.4, 0.5) is 0 Å². The van der Waals surface area contributed by atoms with Gasteiger partial charge in [0, 0.05) is 0 Å². The first-order chi connectivity index (χ1) is 5.16. The number of aliphatic hydroxyl groups excluding tert-OH is 3. The molecule has 0 saturated carbocycles. The summed E-state index contributed by atoms with van der Waals surface area (Å²) >= 11 is 0. The molecule has 5 nitrogen and oxygen atoms in total. The quantitative estimate of drug-likeness (QED) is 0.334. The number of carbonyl (C=O) groups is 1. The van der Waals surface area contributed by atoms with Crippen molar-refractivity contribution >= 4 is 5.78 Å². The van der Waals surface area contributed by atoms with Gasteiger partial charge in [-0.2, -0.15) is 0 Å². The predicted octanol–water partition coefficient (Wildman–Crippen LogP) is -2.76. The molecule has 3 atom stereocenters. The lowest BCUT2D eigenvalue weighted by Crippen LogP contribution is -2.59. The summed E-state index contributed by atoms with van der Waals surface area (Å²) in [5.41, 5.74) is 0. The van der Waals surface area contributed by atoms with Crippen LogP contribution in [0.2, 0.25) is 0 Å². The van der Waals surface area contributed by atoms with E-state index in [2.05, 4.69) is 5.32 Å². The Morgan fingerprint density at radius 2 is 2.18 bits per heavy atom. The van der Waals surface area contributed by atoms with Crippen LogP contribution in [-0.2, 0) is 4.79 Å². The number of rotatable bonds is 1. The highest BCUT2D eigenvalue weighted by molar-refractivity contribution is 5.86. The Morgan fingerprint density at radius 1 is 1.55 bits per heavy atom. The van der Waals surface area contributed by atoms with Crippen LogP contribution in [0.1, 0.15) is 0 Å². The van der Waals surface area contributed by atoms with E-state index in [9.17, 15) is 4.79 Å². The molecule has 1 fully saturated rings. The zero-order valence-electron chi connectivity index (χ0n) is 5.90. The van der Waals surface area contributed by atoms with Gasteiger partial charge in [-0.15, -0.1) is 0 Å². The highest BCUT2D eigenvalue weighted by atomic mass is 16.3. The van der Waals surface area contributed by atoms with Crippen LogP contribution in [0.3, 0.4) is 0 Å². The average molecular weight is 161 g/mol. The van der Waals surface area contributed by atoms with Crippen molar-refractivity contribution in [3.63, 3.8) is 0 Å². The molecular weight excluding hydrogens is 150 g/mol. The van der Waals surface area contributed by atoms with Gasteiger partial charge in [0.1, 0.15) is 12.2 Å². The van der Waals surface area contributed by atoms with Gasteiger partial charge < -0.3 is 20.6 Å². The maximum Gasteiger partial charge on any atom is 0.177 e. The topological polar surface area (TPSA) is 89.8 Å². The van der Waals surface area contributed by atoms with Crippen LogP contribution in [0.5, 0.6) is 0 Å². The van der Waals surface area contributed by atoms with Crippen LogP contribution in [-0.4, -0.2) is 52.5 Å². The molecule has 11 heavy (non-hydrogen) atoms. The Bertz CT molecular complexity index is 161. The minimum atomic E-state index is -1.35. The van der Waals surface area contributed by atoms with Crippen molar-refractivity contribution in [2.75, 3.05) is 13.2 Å². The highest BCUT2D eigenvalue weighted by Crippen LogP contribution is 2.05. The first-order valence-electron chi connectivity index (χ1n) is 3.40. The van der Waals surface area contributed by atoms with Crippen molar-refractivity contribution < 1.29 is 20.1 Å². The number of Topliss-reactive ketones (excluding diaryl/α,β-unsaturated/α-hetero) is 1. The summed E-state index contributed by atoms with van der Waals surface area (Å²) in [6.07, 6.45) is -2.55. The second kappa shape index (κ2) is 3.27. The van der Waals surface area contributed by atoms with E-state index in [1.807, 2.05) is 0 Å². The normalized spacial score (nSPS) is 39.2. The molecule has 1 saturated heterocycles. The molecule has 1 rings (SSSR count). The number of carbonyl (C=O) groups excluding carboxylic acids is 1. The second-order valence-corrected chi connectivity index (χ2v) is 2.57. The minimum absolute atomic E-state index is 0.00343. The third kappa shape index (κ3) is 1.57. The van der Waals surface area contributed by atoms with Crippen molar-refractivity contribution in [3.05, 3.63) is 0 Å². The molecule has 0 aliphatic carbocycles. The van der Waals surface area contributed by atoms with E-state index in [4.69, 9.17) is 15.3 Å². The van der Waals surface area contributed by atoms with Crippen LogP contribution in [0.25, 0.3) is 0 Å². The predicted molar refractivity (Wildman–Crippen MR) is 35.9 cm³/mol. The summed E-state index contributed by atoms with van der Waals surface area (Å²) < 4.78 is 0. The number of hydrogen-bond donors (Lipinski definition) is 4. The van der Waals surface area contributed by atoms with E-state index in [1.54, 1.807) is 0 Å². The fourth-order valence-corrected chi connectivity index (χ4v) is 1.04. The van der Waals surface area contributed by atoms with Crippen molar-refractivity contribution in [3.8, 4) is 0 Å². The Kier molecular flexibility index (Phi) is 2.56. The summed E-state index contributed by atoms with van der Waals surface area (Å²) in [6, 6.07) is -0.595. The molecule has 0 aromatic heterocycles. The van der Waals surface area contributed by atoms with E-state index in [0.717, 1.165) is 0 Å². The van der Waals surface area contributed by atoms with E-state index < -0.39 is 24.0 Å². The number of aliphatic hydroxyl groups is 3. The SMILES string of the molecule is O=C1CNC(CO)[C@H](O)[C@H]1O. The molecule has 5 heteroatoms. The van der Waals surface area contributed by atoms with Gasteiger partial charge in [0.05, 0.1) is 19.2 Å². The molecule has 0 aromatic carbocycles. The largest absolute Gasteiger partial charge is 0.395 e. The van der Waals surface area contributed by atoms with Crippen LogP contribution < -0.4 is 5.32 Å². The van der Waals surface area contributed by atoms with Crippen molar-refractivity contribution in [1.29, 1.82) is 0 Å². The van der Waals surface area contributed by atoms with Gasteiger partial charge >= 0.3 is 0 Å². The maximum absolute atomic E-state index is 10.7. The van der Waals surface area contributed by atoms with Crippen molar-refractivity contribution in [2.45, 2.75) is 18.2 Å². The zero-order valence-corrected chi connectivity index (χ0v) is 5.90. The first kappa shape index (κ1) is 8.61. The fraction of sp³-hybridized carbons (Fsp3) is 0.833.